The van der Waals surface area contributed by atoms with E-state index < -0.39 is 0 Å². The molecule has 0 radical (unpaired) electrons. The van der Waals surface area contributed by atoms with Crippen LogP contribution in [0, 0.1) is 6.92 Å². The number of rotatable bonds is 6. The maximum Gasteiger partial charge on any atom is 0.161 e. The Bertz CT molecular complexity index is 1470. The maximum atomic E-state index is 5.55. The van der Waals surface area contributed by atoms with Crippen LogP contribution in [0.4, 0.5) is 5.82 Å². The zero-order chi connectivity index (χ0) is 23.1. The van der Waals surface area contributed by atoms with E-state index in [0.29, 0.717) is 26.4 Å². The molecule has 0 aliphatic carbocycles. The standard InChI is InChI=1S/C24H25N7O2S/c1-15-11-19-21(24(27-15)30-5-9-33-10-6-30)29-23(31(19)7-8-32-2)18-13-25-22(28-18)16-3-4-20-17(12-16)26-14-34-20/h3-4,11-14H,5-10H2,1-2H3,(H,25,28). The number of nitrogens with zero attached hydrogens (tertiary/aromatic N) is 6. The van der Waals surface area contributed by atoms with E-state index in [1.54, 1.807) is 18.4 Å². The Hall–Kier alpha value is -3.34. The van der Waals surface area contributed by atoms with Crippen molar-refractivity contribution in [1.82, 2.24) is 29.5 Å². The summed E-state index contributed by atoms with van der Waals surface area (Å²) in [5, 5.41) is 0. The second-order valence-corrected chi connectivity index (χ2v) is 9.19. The third-order valence-corrected chi connectivity index (χ3v) is 6.90. The van der Waals surface area contributed by atoms with Crippen LogP contribution in [-0.2, 0) is 16.0 Å². The van der Waals surface area contributed by atoms with Gasteiger partial charge in [0.2, 0.25) is 0 Å². The third kappa shape index (κ3) is 3.73. The number of aromatic amines is 1. The van der Waals surface area contributed by atoms with Gasteiger partial charge >= 0.3 is 0 Å². The molecule has 9 nitrogen and oxygen atoms in total. The number of anilines is 1. The van der Waals surface area contributed by atoms with Gasteiger partial charge < -0.3 is 23.9 Å². The van der Waals surface area contributed by atoms with Crippen molar-refractivity contribution in [3.63, 3.8) is 0 Å². The largest absolute Gasteiger partial charge is 0.383 e. The Morgan fingerprint density at radius 2 is 2.03 bits per heavy atom. The van der Waals surface area contributed by atoms with Crippen molar-refractivity contribution >= 4 is 38.4 Å². The Morgan fingerprint density at radius 1 is 1.15 bits per heavy atom. The summed E-state index contributed by atoms with van der Waals surface area (Å²) >= 11 is 1.63. The fourth-order valence-corrected chi connectivity index (χ4v) is 5.07. The van der Waals surface area contributed by atoms with E-state index in [0.717, 1.165) is 68.8 Å². The predicted molar refractivity (Wildman–Crippen MR) is 133 cm³/mol. The molecule has 1 aliphatic rings. The van der Waals surface area contributed by atoms with Crippen LogP contribution in [0.15, 0.2) is 36.0 Å². The van der Waals surface area contributed by atoms with Crippen LogP contribution in [0.25, 0.3) is 44.2 Å². The number of hydrogen-bond acceptors (Lipinski definition) is 8. The smallest absolute Gasteiger partial charge is 0.161 e. The molecule has 4 aromatic heterocycles. The molecule has 10 heteroatoms. The van der Waals surface area contributed by atoms with E-state index in [4.69, 9.17) is 24.4 Å². The lowest BCUT2D eigenvalue weighted by Crippen LogP contribution is -2.37. The molecule has 0 spiro atoms. The molecule has 1 aromatic carbocycles. The number of aryl methyl sites for hydroxylation is 1. The molecule has 174 valence electrons. The quantitative estimate of drug-likeness (QED) is 0.398. The summed E-state index contributed by atoms with van der Waals surface area (Å²) in [6.45, 7) is 6.26. The number of imidazole rings is 2. The normalized spacial score (nSPS) is 14.5. The lowest BCUT2D eigenvalue weighted by atomic mass is 10.2. The molecule has 5 aromatic rings. The number of thiazole rings is 1. The fourth-order valence-electron chi connectivity index (χ4n) is 4.42. The molecule has 1 N–H and O–H groups in total. The van der Waals surface area contributed by atoms with Gasteiger partial charge in [0.1, 0.15) is 17.0 Å². The van der Waals surface area contributed by atoms with E-state index >= 15 is 0 Å². The molecular formula is C24H25N7O2S. The van der Waals surface area contributed by atoms with Crippen LogP contribution < -0.4 is 4.90 Å². The number of aromatic nitrogens is 6. The lowest BCUT2D eigenvalue weighted by Gasteiger charge is -2.28. The summed E-state index contributed by atoms with van der Waals surface area (Å²) in [5.41, 5.74) is 7.49. The molecule has 1 saturated heterocycles. The number of morpholine rings is 1. The van der Waals surface area contributed by atoms with E-state index in [-0.39, 0.29) is 0 Å². The summed E-state index contributed by atoms with van der Waals surface area (Å²) in [6, 6.07) is 8.31. The number of fused-ring (bicyclic) bond motifs is 2. The van der Waals surface area contributed by atoms with Crippen molar-refractivity contribution in [2.24, 2.45) is 0 Å². The van der Waals surface area contributed by atoms with Crippen molar-refractivity contribution in [1.29, 1.82) is 0 Å². The minimum Gasteiger partial charge on any atom is -0.383 e. The second-order valence-electron chi connectivity index (χ2n) is 8.30. The minimum absolute atomic E-state index is 0.574. The molecule has 0 atom stereocenters. The van der Waals surface area contributed by atoms with Crippen LogP contribution in [-0.4, -0.2) is 69.5 Å². The van der Waals surface area contributed by atoms with Crippen molar-refractivity contribution in [2.75, 3.05) is 44.9 Å². The second kappa shape index (κ2) is 8.79. The van der Waals surface area contributed by atoms with E-state index in [9.17, 15) is 0 Å². The number of benzene rings is 1. The van der Waals surface area contributed by atoms with Gasteiger partial charge in [-0.1, -0.05) is 0 Å². The highest BCUT2D eigenvalue weighted by atomic mass is 32.1. The molecule has 6 rings (SSSR count). The van der Waals surface area contributed by atoms with Gasteiger partial charge in [0, 0.05) is 44.2 Å². The van der Waals surface area contributed by atoms with Gasteiger partial charge in [0.25, 0.3) is 0 Å². The van der Waals surface area contributed by atoms with Gasteiger partial charge in [-0.2, -0.15) is 0 Å². The molecular weight excluding hydrogens is 450 g/mol. The van der Waals surface area contributed by atoms with Crippen molar-refractivity contribution in [3.8, 4) is 22.9 Å². The Kier molecular flexibility index (Phi) is 5.48. The van der Waals surface area contributed by atoms with E-state index in [1.165, 1.54) is 0 Å². The number of pyridine rings is 1. The number of methoxy groups -OCH3 is 1. The first-order valence-electron chi connectivity index (χ1n) is 11.3. The first kappa shape index (κ1) is 21.2. The third-order valence-electron chi connectivity index (χ3n) is 6.09. The average Bonchev–Trinajstić information content (AvgIpc) is 3.60. The highest BCUT2D eigenvalue weighted by Gasteiger charge is 2.23. The van der Waals surface area contributed by atoms with Gasteiger partial charge in [0.15, 0.2) is 11.6 Å². The van der Waals surface area contributed by atoms with E-state index in [2.05, 4.69) is 43.7 Å². The zero-order valence-corrected chi connectivity index (χ0v) is 19.9. The van der Waals surface area contributed by atoms with Gasteiger partial charge in [0.05, 0.1) is 41.1 Å². The molecule has 0 bridgehead atoms. The SMILES string of the molecule is COCCn1c(-c2c[nH]c(-c3ccc4scnc4c3)n2)nc2c(N3CCOCC3)nc(C)cc21. The first-order valence-corrected chi connectivity index (χ1v) is 12.2. The Morgan fingerprint density at radius 3 is 2.88 bits per heavy atom. The molecule has 0 saturated carbocycles. The van der Waals surface area contributed by atoms with Crippen molar-refractivity contribution in [2.45, 2.75) is 13.5 Å². The molecule has 34 heavy (non-hydrogen) atoms. The van der Waals surface area contributed by atoms with Crippen LogP contribution in [0.2, 0.25) is 0 Å². The lowest BCUT2D eigenvalue weighted by molar-refractivity contribution is 0.122. The van der Waals surface area contributed by atoms with Gasteiger partial charge in [-0.25, -0.2) is 19.9 Å². The summed E-state index contributed by atoms with van der Waals surface area (Å²) < 4.78 is 14.3. The number of ether oxygens (including phenoxy) is 2. The molecule has 0 amide bonds. The molecule has 0 unspecified atom stereocenters. The monoisotopic (exact) mass is 475 g/mol. The molecule has 1 fully saturated rings. The first-order chi connectivity index (χ1) is 16.7. The number of nitrogens with one attached hydrogen (secondary N) is 1. The average molecular weight is 476 g/mol. The molecule has 1 aliphatic heterocycles. The van der Waals surface area contributed by atoms with Crippen molar-refractivity contribution in [3.05, 3.63) is 41.7 Å². The summed E-state index contributed by atoms with van der Waals surface area (Å²) in [6.07, 6.45) is 1.92. The number of hydrogen-bond donors (Lipinski definition) is 1. The summed E-state index contributed by atoms with van der Waals surface area (Å²) in [7, 11) is 1.71. The molecule has 5 heterocycles. The highest BCUT2D eigenvalue weighted by Crippen LogP contribution is 2.32. The van der Waals surface area contributed by atoms with Crippen LogP contribution >= 0.6 is 11.3 Å². The number of H-pyrrole nitrogens is 1. The minimum atomic E-state index is 0.574. The maximum absolute atomic E-state index is 5.55. The fraction of sp³-hybridized carbons (Fsp3) is 0.333. The van der Waals surface area contributed by atoms with Crippen LogP contribution in [0.5, 0.6) is 0 Å². The van der Waals surface area contributed by atoms with Gasteiger partial charge in [-0.15, -0.1) is 11.3 Å². The Balaban J connectivity index is 1.47. The zero-order valence-electron chi connectivity index (χ0n) is 19.1. The van der Waals surface area contributed by atoms with E-state index in [1.807, 2.05) is 18.6 Å². The highest BCUT2D eigenvalue weighted by molar-refractivity contribution is 7.16. The van der Waals surface area contributed by atoms with Crippen LogP contribution in [0.3, 0.4) is 0 Å². The summed E-state index contributed by atoms with van der Waals surface area (Å²) in [5.74, 6) is 2.49. The van der Waals surface area contributed by atoms with Gasteiger partial charge in [-0.05, 0) is 31.2 Å². The predicted octanol–water partition coefficient (Wildman–Crippen LogP) is 3.89. The Labute approximate surface area is 200 Å². The topological polar surface area (TPSA) is 94.0 Å². The summed E-state index contributed by atoms with van der Waals surface area (Å²) in [4.78, 5) is 24.9. The van der Waals surface area contributed by atoms with Crippen molar-refractivity contribution < 1.29 is 9.47 Å². The van der Waals surface area contributed by atoms with Gasteiger partial charge in [-0.3, -0.25) is 0 Å². The van der Waals surface area contributed by atoms with Crippen LogP contribution in [0.1, 0.15) is 5.69 Å².